The summed E-state index contributed by atoms with van der Waals surface area (Å²) in [5.41, 5.74) is 1.01. The topological polar surface area (TPSA) is 20.2 Å². The van der Waals surface area contributed by atoms with Crippen molar-refractivity contribution in [3.63, 3.8) is 0 Å². The quantitative estimate of drug-likeness (QED) is 0.696. The summed E-state index contributed by atoms with van der Waals surface area (Å²) in [7, 11) is 0. The van der Waals surface area contributed by atoms with Crippen molar-refractivity contribution in [3.8, 4) is 0 Å². The zero-order valence-electron chi connectivity index (χ0n) is 10.8. The van der Waals surface area contributed by atoms with Crippen molar-refractivity contribution in [2.75, 3.05) is 0 Å². The van der Waals surface area contributed by atoms with Crippen LogP contribution in [0.4, 0.5) is 0 Å². The summed E-state index contributed by atoms with van der Waals surface area (Å²) >= 11 is 0. The molecule has 0 aromatic heterocycles. The van der Waals surface area contributed by atoms with Gasteiger partial charge < -0.3 is 5.11 Å². The van der Waals surface area contributed by atoms with E-state index in [9.17, 15) is 5.11 Å². The average molecular weight is 210 g/mol. The lowest BCUT2D eigenvalue weighted by molar-refractivity contribution is -0.0775. The van der Waals surface area contributed by atoms with Crippen LogP contribution in [0.3, 0.4) is 0 Å². The Kier molecular flexibility index (Phi) is 3.99. The van der Waals surface area contributed by atoms with Gasteiger partial charge in [0.2, 0.25) is 0 Å². The third-order valence-corrected chi connectivity index (χ3v) is 4.10. The standard InChI is InChI=1S/C14H26O/c1-5-6-9-14(15)11-8-12(2)7-10-13(14,3)4/h7,15H,5-6,8-11H2,1-4H3. The number of allylic oxidation sites excluding steroid dienone is 2. The first-order chi connectivity index (χ1) is 6.91. The Labute approximate surface area is 94.6 Å². The molecule has 0 saturated heterocycles. The van der Waals surface area contributed by atoms with E-state index in [1.165, 1.54) is 12.0 Å². The van der Waals surface area contributed by atoms with Crippen LogP contribution in [0.2, 0.25) is 0 Å². The van der Waals surface area contributed by atoms with E-state index < -0.39 is 5.60 Å². The Balaban J connectivity index is 2.78. The maximum atomic E-state index is 10.8. The maximum Gasteiger partial charge on any atom is 0.0704 e. The van der Waals surface area contributed by atoms with Gasteiger partial charge >= 0.3 is 0 Å². The molecule has 1 unspecified atom stereocenters. The summed E-state index contributed by atoms with van der Waals surface area (Å²) in [6.45, 7) is 8.79. The minimum absolute atomic E-state index is 0.0277. The van der Waals surface area contributed by atoms with Crippen LogP contribution in [0.15, 0.2) is 11.6 Å². The number of hydrogen-bond donors (Lipinski definition) is 1. The van der Waals surface area contributed by atoms with E-state index in [0.717, 1.165) is 32.1 Å². The second-order valence-corrected chi connectivity index (χ2v) is 5.77. The zero-order chi connectivity index (χ0) is 11.5. The molecule has 0 aromatic carbocycles. The number of hydrogen-bond acceptors (Lipinski definition) is 1. The molecule has 0 fully saturated rings. The Bertz CT molecular complexity index is 240. The molecule has 88 valence electrons. The summed E-state index contributed by atoms with van der Waals surface area (Å²) in [5, 5.41) is 10.8. The highest BCUT2D eigenvalue weighted by Gasteiger charge is 2.42. The van der Waals surface area contributed by atoms with Crippen molar-refractivity contribution in [1.82, 2.24) is 0 Å². The molecule has 1 atom stereocenters. The van der Waals surface area contributed by atoms with E-state index in [4.69, 9.17) is 0 Å². The minimum Gasteiger partial charge on any atom is -0.389 e. The van der Waals surface area contributed by atoms with Crippen LogP contribution < -0.4 is 0 Å². The first kappa shape index (κ1) is 12.8. The lowest BCUT2D eigenvalue weighted by Crippen LogP contribution is -2.43. The molecule has 0 radical (unpaired) electrons. The predicted molar refractivity (Wildman–Crippen MR) is 65.9 cm³/mol. The van der Waals surface area contributed by atoms with Crippen LogP contribution in [-0.4, -0.2) is 10.7 Å². The van der Waals surface area contributed by atoms with Crippen molar-refractivity contribution in [1.29, 1.82) is 0 Å². The van der Waals surface area contributed by atoms with Gasteiger partial charge in [-0.2, -0.15) is 0 Å². The molecular formula is C14H26O. The van der Waals surface area contributed by atoms with Crippen LogP contribution in [0.5, 0.6) is 0 Å². The molecule has 0 saturated carbocycles. The van der Waals surface area contributed by atoms with Gasteiger partial charge in [-0.05, 0) is 38.0 Å². The van der Waals surface area contributed by atoms with Gasteiger partial charge in [0.1, 0.15) is 0 Å². The van der Waals surface area contributed by atoms with Gasteiger partial charge in [-0.3, -0.25) is 0 Å². The van der Waals surface area contributed by atoms with Gasteiger partial charge in [-0.25, -0.2) is 0 Å². The molecule has 1 aliphatic rings. The van der Waals surface area contributed by atoms with Crippen LogP contribution in [0, 0.1) is 5.41 Å². The van der Waals surface area contributed by atoms with Crippen LogP contribution in [-0.2, 0) is 0 Å². The van der Waals surface area contributed by atoms with E-state index in [2.05, 4.69) is 33.8 Å². The lowest BCUT2D eigenvalue weighted by Gasteiger charge is -2.42. The molecule has 15 heavy (non-hydrogen) atoms. The van der Waals surface area contributed by atoms with Gasteiger partial charge in [0.05, 0.1) is 5.60 Å². The molecule has 1 heteroatoms. The lowest BCUT2D eigenvalue weighted by atomic mass is 9.69. The molecule has 0 aromatic rings. The second-order valence-electron chi connectivity index (χ2n) is 5.77. The summed E-state index contributed by atoms with van der Waals surface area (Å²) < 4.78 is 0. The Morgan fingerprint density at radius 1 is 1.40 bits per heavy atom. The van der Waals surface area contributed by atoms with Crippen LogP contribution in [0.25, 0.3) is 0 Å². The van der Waals surface area contributed by atoms with E-state index >= 15 is 0 Å². The van der Waals surface area contributed by atoms with Crippen molar-refractivity contribution in [2.24, 2.45) is 5.41 Å². The largest absolute Gasteiger partial charge is 0.389 e. The molecule has 0 spiro atoms. The third-order valence-electron chi connectivity index (χ3n) is 4.10. The summed E-state index contributed by atoms with van der Waals surface area (Å²) in [4.78, 5) is 0. The van der Waals surface area contributed by atoms with Crippen molar-refractivity contribution in [3.05, 3.63) is 11.6 Å². The second kappa shape index (κ2) is 4.69. The Hall–Kier alpha value is -0.300. The van der Waals surface area contributed by atoms with Gasteiger partial charge in [-0.1, -0.05) is 45.3 Å². The average Bonchev–Trinajstić information content (AvgIpc) is 2.28. The Morgan fingerprint density at radius 2 is 2.07 bits per heavy atom. The van der Waals surface area contributed by atoms with E-state index in [-0.39, 0.29) is 5.41 Å². The smallest absolute Gasteiger partial charge is 0.0704 e. The highest BCUT2D eigenvalue weighted by atomic mass is 16.3. The number of aliphatic hydroxyl groups is 1. The fraction of sp³-hybridized carbons (Fsp3) is 0.857. The number of unbranched alkanes of at least 4 members (excludes halogenated alkanes) is 1. The first-order valence-electron chi connectivity index (χ1n) is 6.29. The molecule has 0 heterocycles. The molecule has 0 bridgehead atoms. The molecule has 1 rings (SSSR count). The summed E-state index contributed by atoms with van der Waals surface area (Å²) in [5.74, 6) is 0. The SMILES string of the molecule is CCCCC1(O)CCC(C)=CCC1(C)C. The molecule has 0 amide bonds. The van der Waals surface area contributed by atoms with Gasteiger partial charge in [0.15, 0.2) is 0 Å². The molecule has 1 nitrogen and oxygen atoms in total. The van der Waals surface area contributed by atoms with E-state index in [1.807, 2.05) is 0 Å². The summed E-state index contributed by atoms with van der Waals surface area (Å²) in [6, 6.07) is 0. The van der Waals surface area contributed by atoms with Gasteiger partial charge in [-0.15, -0.1) is 0 Å². The van der Waals surface area contributed by atoms with Crippen molar-refractivity contribution >= 4 is 0 Å². The van der Waals surface area contributed by atoms with E-state index in [0.29, 0.717) is 0 Å². The monoisotopic (exact) mass is 210 g/mol. The highest BCUT2D eigenvalue weighted by molar-refractivity contribution is 5.09. The van der Waals surface area contributed by atoms with Crippen molar-refractivity contribution < 1.29 is 5.11 Å². The van der Waals surface area contributed by atoms with Crippen molar-refractivity contribution in [2.45, 2.75) is 71.8 Å². The highest BCUT2D eigenvalue weighted by Crippen LogP contribution is 2.44. The fourth-order valence-corrected chi connectivity index (χ4v) is 2.40. The summed E-state index contributed by atoms with van der Waals surface area (Å²) in [6.07, 6.45) is 8.58. The normalized spacial score (nSPS) is 30.9. The fourth-order valence-electron chi connectivity index (χ4n) is 2.40. The minimum atomic E-state index is -0.461. The molecule has 1 N–H and O–H groups in total. The maximum absolute atomic E-state index is 10.8. The van der Waals surface area contributed by atoms with Crippen LogP contribution in [0.1, 0.15) is 66.2 Å². The first-order valence-corrected chi connectivity index (χ1v) is 6.29. The van der Waals surface area contributed by atoms with Gasteiger partial charge in [0.25, 0.3) is 0 Å². The van der Waals surface area contributed by atoms with E-state index in [1.54, 1.807) is 0 Å². The zero-order valence-corrected chi connectivity index (χ0v) is 10.8. The molecule has 0 aliphatic heterocycles. The Morgan fingerprint density at radius 3 is 2.67 bits per heavy atom. The van der Waals surface area contributed by atoms with Crippen LogP contribution >= 0.6 is 0 Å². The van der Waals surface area contributed by atoms with Gasteiger partial charge in [0, 0.05) is 0 Å². The third kappa shape index (κ3) is 2.84. The number of rotatable bonds is 3. The predicted octanol–water partition coefficient (Wildman–Crippen LogP) is 4.06. The molecule has 1 aliphatic carbocycles. The molecular weight excluding hydrogens is 184 g/mol.